The van der Waals surface area contributed by atoms with Crippen molar-refractivity contribution in [1.82, 2.24) is 15.1 Å². The molecule has 1 saturated heterocycles. The lowest BCUT2D eigenvalue weighted by Crippen LogP contribution is -2.43. The topological polar surface area (TPSA) is 62.0 Å². The summed E-state index contributed by atoms with van der Waals surface area (Å²) in [5, 5.41) is 17.4. The second-order valence-electron chi connectivity index (χ2n) is 7.24. The quantitative estimate of drug-likeness (QED) is 0.841. The number of rotatable bonds is 4. The van der Waals surface area contributed by atoms with Gasteiger partial charge in [0.15, 0.2) is 0 Å². The van der Waals surface area contributed by atoms with E-state index in [4.69, 9.17) is 10.00 Å². The van der Waals surface area contributed by atoms with E-state index in [0.717, 1.165) is 43.2 Å². The molecule has 1 aromatic carbocycles. The molecule has 5 nitrogen and oxygen atoms in total. The molecule has 0 unspecified atom stereocenters. The minimum Gasteiger partial charge on any atom is -0.473 e. The van der Waals surface area contributed by atoms with Crippen molar-refractivity contribution in [2.24, 2.45) is 0 Å². The van der Waals surface area contributed by atoms with Crippen LogP contribution in [0.15, 0.2) is 36.4 Å². The largest absolute Gasteiger partial charge is 0.473 e. The van der Waals surface area contributed by atoms with E-state index in [1.54, 1.807) is 12.1 Å². The highest BCUT2D eigenvalue weighted by Crippen LogP contribution is 2.27. The summed E-state index contributed by atoms with van der Waals surface area (Å²) in [4.78, 5) is 2.65. The molecule has 1 saturated carbocycles. The molecule has 0 spiro atoms. The van der Waals surface area contributed by atoms with Crippen LogP contribution in [0.5, 0.6) is 5.88 Å². The summed E-state index contributed by atoms with van der Waals surface area (Å²) in [7, 11) is 0. The fourth-order valence-electron chi connectivity index (χ4n) is 4.05. The minimum absolute atomic E-state index is 0.239. The van der Waals surface area contributed by atoms with E-state index < -0.39 is 0 Å². The molecule has 0 amide bonds. The number of hydrogen-bond acceptors (Lipinski definition) is 5. The van der Waals surface area contributed by atoms with Gasteiger partial charge in [0.1, 0.15) is 6.10 Å². The van der Waals surface area contributed by atoms with Crippen LogP contribution >= 0.6 is 0 Å². The van der Waals surface area contributed by atoms with Crippen LogP contribution in [0.3, 0.4) is 0 Å². The van der Waals surface area contributed by atoms with Gasteiger partial charge in [-0.25, -0.2) is 0 Å². The second kappa shape index (κ2) is 7.84. The van der Waals surface area contributed by atoms with E-state index >= 15 is 0 Å². The van der Waals surface area contributed by atoms with Gasteiger partial charge in [-0.15, -0.1) is 10.2 Å². The second-order valence-corrected chi connectivity index (χ2v) is 7.24. The molecule has 134 valence electrons. The van der Waals surface area contributed by atoms with Crippen LogP contribution in [-0.4, -0.2) is 40.3 Å². The molecule has 4 rings (SSSR count). The third-order valence-corrected chi connectivity index (χ3v) is 5.55. The predicted octanol–water partition coefficient (Wildman–Crippen LogP) is 3.80. The Kier molecular flexibility index (Phi) is 5.12. The molecule has 0 N–H and O–H groups in total. The van der Waals surface area contributed by atoms with Crippen LogP contribution in [0.25, 0.3) is 11.3 Å². The average molecular weight is 348 g/mol. The minimum atomic E-state index is 0.239. The number of hydrogen-bond donors (Lipinski definition) is 0. The van der Waals surface area contributed by atoms with Crippen LogP contribution in [0.1, 0.15) is 44.1 Å². The zero-order valence-electron chi connectivity index (χ0n) is 15.0. The van der Waals surface area contributed by atoms with Crippen molar-refractivity contribution in [1.29, 1.82) is 5.26 Å². The maximum atomic E-state index is 8.87. The van der Waals surface area contributed by atoms with Gasteiger partial charge in [0.05, 0.1) is 17.3 Å². The van der Waals surface area contributed by atoms with Crippen molar-refractivity contribution in [3.8, 4) is 23.2 Å². The first-order chi connectivity index (χ1) is 12.8. The normalized spacial score (nSPS) is 19.3. The maximum absolute atomic E-state index is 8.87. The summed E-state index contributed by atoms with van der Waals surface area (Å²) >= 11 is 0. The van der Waals surface area contributed by atoms with Gasteiger partial charge in [0.25, 0.3) is 0 Å². The monoisotopic (exact) mass is 348 g/mol. The predicted molar refractivity (Wildman–Crippen MR) is 99.7 cm³/mol. The first kappa shape index (κ1) is 17.0. The third kappa shape index (κ3) is 3.86. The molecule has 1 aliphatic heterocycles. The van der Waals surface area contributed by atoms with Gasteiger partial charge < -0.3 is 9.64 Å². The molecule has 2 fully saturated rings. The molecule has 1 aliphatic carbocycles. The van der Waals surface area contributed by atoms with Crippen molar-refractivity contribution >= 4 is 0 Å². The molecule has 0 atom stereocenters. The Balaban J connectivity index is 1.32. The smallest absolute Gasteiger partial charge is 0.233 e. The molecule has 0 radical (unpaired) electrons. The molecule has 26 heavy (non-hydrogen) atoms. The number of benzene rings is 1. The summed E-state index contributed by atoms with van der Waals surface area (Å²) in [6, 6.07) is 14.1. The van der Waals surface area contributed by atoms with Gasteiger partial charge in [0.2, 0.25) is 5.88 Å². The summed E-state index contributed by atoms with van der Waals surface area (Å²) in [6.45, 7) is 2.26. The Labute approximate surface area is 154 Å². The van der Waals surface area contributed by atoms with E-state index in [9.17, 15) is 0 Å². The maximum Gasteiger partial charge on any atom is 0.233 e. The number of nitrogens with zero attached hydrogens (tertiary/aromatic N) is 4. The van der Waals surface area contributed by atoms with E-state index in [1.807, 2.05) is 24.3 Å². The Morgan fingerprint density at radius 1 is 0.923 bits per heavy atom. The highest BCUT2D eigenvalue weighted by atomic mass is 16.5. The van der Waals surface area contributed by atoms with E-state index in [1.165, 1.54) is 25.7 Å². The number of likely N-dealkylation sites (tertiary alicyclic amines) is 1. The zero-order chi connectivity index (χ0) is 17.8. The molecular weight excluding hydrogens is 324 g/mol. The molecular formula is C21H24N4O. The van der Waals surface area contributed by atoms with Gasteiger partial charge in [-0.05, 0) is 43.9 Å². The lowest BCUT2D eigenvalue weighted by molar-refractivity contribution is 0.0734. The van der Waals surface area contributed by atoms with Gasteiger partial charge in [-0.1, -0.05) is 25.0 Å². The van der Waals surface area contributed by atoms with E-state index in [0.29, 0.717) is 11.4 Å². The number of aromatic nitrogens is 2. The van der Waals surface area contributed by atoms with Gasteiger partial charge in [0, 0.05) is 30.8 Å². The highest BCUT2D eigenvalue weighted by molar-refractivity contribution is 5.59. The van der Waals surface area contributed by atoms with Crippen LogP contribution < -0.4 is 4.74 Å². The standard InChI is InChI=1S/C21H24N4O/c22-15-16-5-7-17(8-6-16)20-9-10-21(24-23-20)26-19-11-13-25(14-12-19)18-3-1-2-4-18/h5-10,18-19H,1-4,11-14H2. The fourth-order valence-corrected chi connectivity index (χ4v) is 4.05. The SMILES string of the molecule is N#Cc1ccc(-c2ccc(OC3CCN(C4CCCC4)CC3)nn2)cc1. The van der Waals surface area contributed by atoms with Crippen molar-refractivity contribution in [3.05, 3.63) is 42.0 Å². The van der Waals surface area contributed by atoms with Gasteiger partial charge in [-0.2, -0.15) is 5.26 Å². The van der Waals surface area contributed by atoms with Gasteiger partial charge in [-0.3, -0.25) is 0 Å². The third-order valence-electron chi connectivity index (χ3n) is 5.55. The number of piperidine rings is 1. The molecule has 2 aromatic rings. The highest BCUT2D eigenvalue weighted by Gasteiger charge is 2.27. The number of nitriles is 1. The summed E-state index contributed by atoms with van der Waals surface area (Å²) in [5.41, 5.74) is 2.39. The first-order valence-electron chi connectivity index (χ1n) is 9.57. The van der Waals surface area contributed by atoms with Crippen molar-refractivity contribution in [2.45, 2.75) is 50.7 Å². The van der Waals surface area contributed by atoms with Gasteiger partial charge >= 0.3 is 0 Å². The molecule has 2 aliphatic rings. The fraction of sp³-hybridized carbons (Fsp3) is 0.476. The molecule has 2 heterocycles. The summed E-state index contributed by atoms with van der Waals surface area (Å²) in [6.07, 6.45) is 7.89. The van der Waals surface area contributed by atoms with Crippen molar-refractivity contribution < 1.29 is 4.74 Å². The first-order valence-corrected chi connectivity index (χ1v) is 9.57. The Hall–Kier alpha value is -2.45. The average Bonchev–Trinajstić information content (AvgIpc) is 3.24. The summed E-state index contributed by atoms with van der Waals surface area (Å²) < 4.78 is 6.05. The summed E-state index contributed by atoms with van der Waals surface area (Å²) in [5.74, 6) is 0.599. The molecule has 0 bridgehead atoms. The molecule has 1 aromatic heterocycles. The lowest BCUT2D eigenvalue weighted by atomic mass is 10.0. The van der Waals surface area contributed by atoms with E-state index in [-0.39, 0.29) is 6.10 Å². The Morgan fingerprint density at radius 3 is 2.27 bits per heavy atom. The van der Waals surface area contributed by atoms with Crippen molar-refractivity contribution in [3.63, 3.8) is 0 Å². The Bertz CT molecular complexity index is 752. The molecule has 5 heteroatoms. The van der Waals surface area contributed by atoms with Crippen molar-refractivity contribution in [2.75, 3.05) is 13.1 Å². The zero-order valence-corrected chi connectivity index (χ0v) is 15.0. The Morgan fingerprint density at radius 2 is 1.65 bits per heavy atom. The van der Waals surface area contributed by atoms with Crippen LogP contribution in [0.4, 0.5) is 0 Å². The lowest BCUT2D eigenvalue weighted by Gasteiger charge is -2.35. The van der Waals surface area contributed by atoms with Crippen LogP contribution in [0, 0.1) is 11.3 Å². The number of ether oxygens (including phenoxy) is 1. The van der Waals surface area contributed by atoms with E-state index in [2.05, 4.69) is 21.2 Å². The van der Waals surface area contributed by atoms with Crippen LogP contribution in [0.2, 0.25) is 0 Å². The van der Waals surface area contributed by atoms with Crippen LogP contribution in [-0.2, 0) is 0 Å².